The minimum Gasteiger partial charge on any atom is -0.497 e. The van der Waals surface area contributed by atoms with Crippen LogP contribution in [0.3, 0.4) is 0 Å². The number of fused-ring (bicyclic) bond motifs is 1. The van der Waals surface area contributed by atoms with Gasteiger partial charge in [0.05, 0.1) is 7.11 Å². The first kappa shape index (κ1) is 13.2. The van der Waals surface area contributed by atoms with E-state index < -0.39 is 0 Å². The van der Waals surface area contributed by atoms with Crippen LogP contribution >= 0.6 is 0 Å². The van der Waals surface area contributed by atoms with Crippen LogP contribution in [0, 0.1) is 0 Å². The second kappa shape index (κ2) is 5.28. The maximum Gasteiger partial charge on any atom is 0.136 e. The fraction of sp³-hybridized carbons (Fsp3) is 0.412. The number of nitrogens with zero attached hydrogens (tertiary/aromatic N) is 1. The number of carbonyl (C=O) groups excluding carboxylic acids is 1. The second-order valence-corrected chi connectivity index (χ2v) is 5.44. The Hall–Kier alpha value is -1.83. The highest BCUT2D eigenvalue weighted by Crippen LogP contribution is 2.40. The molecule has 0 N–H and O–H groups in total. The summed E-state index contributed by atoms with van der Waals surface area (Å²) in [7, 11) is 1.66. The molecule has 0 saturated carbocycles. The van der Waals surface area contributed by atoms with E-state index in [9.17, 15) is 4.79 Å². The smallest absolute Gasteiger partial charge is 0.136 e. The van der Waals surface area contributed by atoms with Crippen molar-refractivity contribution in [1.29, 1.82) is 0 Å². The third-order valence-electron chi connectivity index (χ3n) is 4.41. The van der Waals surface area contributed by atoms with Crippen molar-refractivity contribution in [1.82, 2.24) is 4.90 Å². The van der Waals surface area contributed by atoms with E-state index in [2.05, 4.69) is 29.3 Å². The van der Waals surface area contributed by atoms with Gasteiger partial charge in [-0.25, -0.2) is 0 Å². The number of carbonyl (C=O) groups is 1. The Morgan fingerprint density at radius 2 is 1.95 bits per heavy atom. The largest absolute Gasteiger partial charge is 0.497 e. The minimum absolute atomic E-state index is 0.179. The van der Waals surface area contributed by atoms with E-state index in [1.165, 1.54) is 11.1 Å². The zero-order valence-electron chi connectivity index (χ0n) is 11.8. The summed E-state index contributed by atoms with van der Waals surface area (Å²) in [6, 6.07) is 8.44. The molecule has 0 amide bonds. The summed E-state index contributed by atoms with van der Waals surface area (Å²) in [5, 5.41) is 0. The third-order valence-corrected chi connectivity index (χ3v) is 4.41. The molecule has 0 bridgehead atoms. The van der Waals surface area contributed by atoms with E-state index in [-0.39, 0.29) is 12.1 Å². The van der Waals surface area contributed by atoms with E-state index >= 15 is 0 Å². The standard InChI is InChI=1S/C17H19NO2/c1-3-12-8-9-18-16(12)10-14(19)11-17(18)13-4-6-15(20-2)7-5-13/h4-7,16-17H,1,8-11H2,2H3/t16-,17-/m1/s1. The molecule has 2 atom stereocenters. The van der Waals surface area contributed by atoms with Crippen LogP contribution in [0.4, 0.5) is 0 Å². The molecule has 3 heteroatoms. The number of rotatable bonds is 2. The monoisotopic (exact) mass is 269 g/mol. The first-order valence-corrected chi connectivity index (χ1v) is 7.03. The first-order chi connectivity index (χ1) is 9.72. The predicted molar refractivity (Wildman–Crippen MR) is 77.7 cm³/mol. The van der Waals surface area contributed by atoms with E-state index in [0.717, 1.165) is 18.7 Å². The summed E-state index contributed by atoms with van der Waals surface area (Å²) in [5.41, 5.74) is 5.41. The zero-order valence-corrected chi connectivity index (χ0v) is 11.8. The van der Waals surface area contributed by atoms with Gasteiger partial charge in [0.15, 0.2) is 0 Å². The van der Waals surface area contributed by atoms with Crippen molar-refractivity contribution in [2.45, 2.75) is 31.3 Å². The lowest BCUT2D eigenvalue weighted by molar-refractivity contribution is -0.124. The van der Waals surface area contributed by atoms with Crippen molar-refractivity contribution < 1.29 is 9.53 Å². The van der Waals surface area contributed by atoms with E-state index in [1.807, 2.05) is 12.1 Å². The topological polar surface area (TPSA) is 29.5 Å². The molecule has 2 aliphatic rings. The number of Topliss-reactive ketones (excluding diaryl/α,β-unsaturated/α-hetero) is 1. The predicted octanol–water partition coefficient (Wildman–Crippen LogP) is 2.88. The summed E-state index contributed by atoms with van der Waals surface area (Å²) in [6.45, 7) is 4.76. The second-order valence-electron chi connectivity index (χ2n) is 5.44. The Balaban J connectivity index is 1.91. The van der Waals surface area contributed by atoms with Crippen molar-refractivity contribution in [3.8, 4) is 5.75 Å². The van der Waals surface area contributed by atoms with Gasteiger partial charge >= 0.3 is 0 Å². The molecular formula is C17H19NO2. The molecule has 2 saturated heterocycles. The maximum absolute atomic E-state index is 12.1. The number of piperidine rings is 1. The van der Waals surface area contributed by atoms with Crippen molar-refractivity contribution >= 4 is 5.78 Å². The van der Waals surface area contributed by atoms with Gasteiger partial charge in [0, 0.05) is 31.5 Å². The van der Waals surface area contributed by atoms with Crippen LogP contribution in [0.25, 0.3) is 0 Å². The molecule has 3 rings (SSSR count). The lowest BCUT2D eigenvalue weighted by atomic mass is 9.89. The van der Waals surface area contributed by atoms with Gasteiger partial charge in [0.2, 0.25) is 0 Å². The SMILES string of the molecule is C=C=C1CCN2[C@@H]1CC(=O)C[C@@H]2c1ccc(OC)cc1. The Morgan fingerprint density at radius 3 is 2.60 bits per heavy atom. The fourth-order valence-electron chi connectivity index (χ4n) is 3.36. The van der Waals surface area contributed by atoms with Crippen LogP contribution in [-0.2, 0) is 4.79 Å². The summed E-state index contributed by atoms with van der Waals surface area (Å²) >= 11 is 0. The molecule has 1 aromatic rings. The first-order valence-electron chi connectivity index (χ1n) is 7.03. The highest BCUT2D eigenvalue weighted by Gasteiger charge is 2.40. The summed E-state index contributed by atoms with van der Waals surface area (Å²) in [4.78, 5) is 14.5. The van der Waals surface area contributed by atoms with Crippen molar-refractivity contribution in [3.63, 3.8) is 0 Å². The van der Waals surface area contributed by atoms with Crippen molar-refractivity contribution in [2.24, 2.45) is 0 Å². The minimum atomic E-state index is 0.179. The summed E-state index contributed by atoms with van der Waals surface area (Å²) in [6.07, 6.45) is 2.20. The molecule has 2 fully saturated rings. The molecule has 0 radical (unpaired) electrons. The quantitative estimate of drug-likeness (QED) is 0.773. The van der Waals surface area contributed by atoms with Gasteiger partial charge in [0.1, 0.15) is 11.5 Å². The van der Waals surface area contributed by atoms with Gasteiger partial charge < -0.3 is 4.74 Å². The molecule has 20 heavy (non-hydrogen) atoms. The number of methoxy groups -OCH3 is 1. The number of hydrogen-bond acceptors (Lipinski definition) is 3. The number of hydrogen-bond donors (Lipinski definition) is 0. The lowest BCUT2D eigenvalue weighted by Crippen LogP contribution is -2.41. The molecular weight excluding hydrogens is 250 g/mol. The van der Waals surface area contributed by atoms with Crippen LogP contribution in [0.15, 0.2) is 42.1 Å². The van der Waals surface area contributed by atoms with Crippen LogP contribution < -0.4 is 4.74 Å². The van der Waals surface area contributed by atoms with Gasteiger partial charge in [0.25, 0.3) is 0 Å². The Bertz CT molecular complexity index is 569. The van der Waals surface area contributed by atoms with Crippen LogP contribution in [0.1, 0.15) is 30.9 Å². The highest BCUT2D eigenvalue weighted by atomic mass is 16.5. The van der Waals surface area contributed by atoms with Crippen LogP contribution in [0.5, 0.6) is 5.75 Å². The normalized spacial score (nSPS) is 26.2. The maximum atomic E-state index is 12.1. The zero-order chi connectivity index (χ0) is 14.1. The lowest BCUT2D eigenvalue weighted by Gasteiger charge is -2.37. The molecule has 1 aromatic carbocycles. The fourth-order valence-corrected chi connectivity index (χ4v) is 3.36. The number of benzene rings is 1. The molecule has 0 aliphatic carbocycles. The Morgan fingerprint density at radius 1 is 1.25 bits per heavy atom. The molecule has 0 spiro atoms. The van der Waals surface area contributed by atoms with E-state index in [1.54, 1.807) is 7.11 Å². The van der Waals surface area contributed by atoms with Crippen LogP contribution in [0.2, 0.25) is 0 Å². The molecule has 0 unspecified atom stereocenters. The average Bonchev–Trinajstić information content (AvgIpc) is 2.89. The number of ether oxygens (including phenoxy) is 1. The molecule has 3 nitrogen and oxygen atoms in total. The average molecular weight is 269 g/mol. The van der Waals surface area contributed by atoms with E-state index in [4.69, 9.17) is 4.74 Å². The number of ketones is 1. The summed E-state index contributed by atoms with van der Waals surface area (Å²) in [5.74, 6) is 1.18. The molecule has 0 aromatic heterocycles. The van der Waals surface area contributed by atoms with Crippen molar-refractivity contribution in [3.05, 3.63) is 47.7 Å². The van der Waals surface area contributed by atoms with Gasteiger partial charge in [-0.2, -0.15) is 0 Å². The molecule has 2 heterocycles. The van der Waals surface area contributed by atoms with Crippen LogP contribution in [-0.4, -0.2) is 30.4 Å². The van der Waals surface area contributed by atoms with Gasteiger partial charge in [-0.15, -0.1) is 5.73 Å². The van der Waals surface area contributed by atoms with Gasteiger partial charge in [-0.05, 0) is 29.7 Å². The Labute approximate surface area is 119 Å². The Kier molecular flexibility index (Phi) is 3.47. The molecule has 2 aliphatic heterocycles. The molecule has 104 valence electrons. The van der Waals surface area contributed by atoms with Gasteiger partial charge in [-0.1, -0.05) is 18.7 Å². The third kappa shape index (κ3) is 2.20. The van der Waals surface area contributed by atoms with Crippen molar-refractivity contribution in [2.75, 3.05) is 13.7 Å². The van der Waals surface area contributed by atoms with Gasteiger partial charge in [-0.3, -0.25) is 9.69 Å². The summed E-state index contributed by atoms with van der Waals surface area (Å²) < 4.78 is 5.20. The van der Waals surface area contributed by atoms with E-state index in [0.29, 0.717) is 18.6 Å². The highest BCUT2D eigenvalue weighted by molar-refractivity contribution is 5.81.